The quantitative estimate of drug-likeness (QED) is 0.309. The summed E-state index contributed by atoms with van der Waals surface area (Å²) in [5, 5.41) is 27.8. The molecule has 1 aromatic heterocycles. The zero-order valence-electron chi connectivity index (χ0n) is 25.5. The molecule has 224 valence electrons. The van der Waals surface area contributed by atoms with Gasteiger partial charge in [0, 0.05) is 42.0 Å². The van der Waals surface area contributed by atoms with E-state index in [-0.39, 0.29) is 17.7 Å². The van der Waals surface area contributed by atoms with Crippen LogP contribution in [-0.2, 0) is 17.6 Å². The third kappa shape index (κ3) is 9.28. The lowest BCUT2D eigenvalue weighted by Crippen LogP contribution is -2.39. The van der Waals surface area contributed by atoms with Crippen molar-refractivity contribution in [2.24, 2.45) is 5.41 Å². The molecule has 3 aromatic rings. The van der Waals surface area contributed by atoms with E-state index >= 15 is 0 Å². The molecule has 1 aliphatic rings. The molecule has 0 bridgehead atoms. The summed E-state index contributed by atoms with van der Waals surface area (Å²) in [7, 11) is 0. The van der Waals surface area contributed by atoms with Gasteiger partial charge in [-0.1, -0.05) is 24.3 Å². The summed E-state index contributed by atoms with van der Waals surface area (Å²) in [6.07, 6.45) is 1.99. The molecular formula is C34H42FN3O4. The Bertz CT molecular complexity index is 1390. The van der Waals surface area contributed by atoms with Gasteiger partial charge in [0.05, 0.1) is 35.8 Å². The second kappa shape index (κ2) is 13.8. The summed E-state index contributed by atoms with van der Waals surface area (Å²) in [5.41, 5.74) is 5.16. The van der Waals surface area contributed by atoms with Crippen molar-refractivity contribution in [1.29, 1.82) is 5.26 Å². The van der Waals surface area contributed by atoms with Crippen LogP contribution >= 0.6 is 0 Å². The van der Waals surface area contributed by atoms with Gasteiger partial charge in [0.2, 0.25) is 0 Å². The predicted molar refractivity (Wildman–Crippen MR) is 163 cm³/mol. The van der Waals surface area contributed by atoms with Crippen molar-refractivity contribution in [3.8, 4) is 22.9 Å². The van der Waals surface area contributed by atoms with Crippen LogP contribution in [0, 0.1) is 36.4 Å². The third-order valence-corrected chi connectivity index (χ3v) is 7.15. The predicted octanol–water partition coefficient (Wildman–Crippen LogP) is 6.66. The van der Waals surface area contributed by atoms with Crippen molar-refractivity contribution in [3.63, 3.8) is 0 Å². The lowest BCUT2D eigenvalue weighted by atomic mass is 9.81. The van der Waals surface area contributed by atoms with Gasteiger partial charge >= 0.3 is 5.97 Å². The topological polar surface area (TPSA) is 107 Å². The van der Waals surface area contributed by atoms with Gasteiger partial charge in [-0.2, -0.15) is 5.26 Å². The SMILES string of the molecule is CC(C)(C)O.Cc1nc(C)c(-c2ccc(OCCc3ccc(F)cc3)cc2)c(N2CCC(C)(C#N)CC2)c1CC(=O)O. The number of halogens is 1. The second-order valence-electron chi connectivity index (χ2n) is 12.1. The first-order valence-corrected chi connectivity index (χ1v) is 14.3. The molecule has 1 aliphatic heterocycles. The van der Waals surface area contributed by atoms with Crippen molar-refractivity contribution < 1.29 is 24.1 Å². The molecule has 4 rings (SSSR count). The maximum Gasteiger partial charge on any atom is 0.307 e. The normalized spacial score (nSPS) is 14.4. The zero-order valence-corrected chi connectivity index (χ0v) is 25.5. The van der Waals surface area contributed by atoms with Crippen LogP contribution in [0.15, 0.2) is 48.5 Å². The number of ether oxygens (including phenoxy) is 1. The summed E-state index contributed by atoms with van der Waals surface area (Å²) in [4.78, 5) is 18.7. The molecule has 2 heterocycles. The molecule has 8 heteroatoms. The first-order chi connectivity index (χ1) is 19.7. The van der Waals surface area contributed by atoms with E-state index in [1.165, 1.54) is 12.1 Å². The van der Waals surface area contributed by atoms with Crippen molar-refractivity contribution in [1.82, 2.24) is 4.98 Å². The number of carbonyl (C=O) groups is 1. The Morgan fingerprint density at radius 3 is 2.17 bits per heavy atom. The Balaban J connectivity index is 0.000000892. The number of piperidine rings is 1. The molecule has 0 aliphatic carbocycles. The number of aromatic nitrogens is 1. The van der Waals surface area contributed by atoms with Gasteiger partial charge < -0.3 is 19.8 Å². The third-order valence-electron chi connectivity index (χ3n) is 7.15. The molecule has 0 amide bonds. The van der Waals surface area contributed by atoms with Crippen LogP contribution in [-0.4, -0.2) is 46.5 Å². The lowest BCUT2D eigenvalue weighted by Gasteiger charge is -2.38. The van der Waals surface area contributed by atoms with E-state index in [4.69, 9.17) is 14.8 Å². The number of hydrogen-bond acceptors (Lipinski definition) is 6. The number of carboxylic acid groups (broad SMARTS) is 1. The number of pyridine rings is 1. The van der Waals surface area contributed by atoms with Crippen molar-refractivity contribution in [3.05, 3.63) is 76.9 Å². The van der Waals surface area contributed by atoms with Crippen LogP contribution in [0.1, 0.15) is 63.1 Å². The van der Waals surface area contributed by atoms with Crippen molar-refractivity contribution >= 4 is 11.7 Å². The Labute approximate surface area is 248 Å². The van der Waals surface area contributed by atoms with E-state index < -0.39 is 11.6 Å². The fourth-order valence-corrected chi connectivity index (χ4v) is 4.92. The summed E-state index contributed by atoms with van der Waals surface area (Å²) in [5.74, 6) is -0.431. The van der Waals surface area contributed by atoms with Gasteiger partial charge in [-0.15, -0.1) is 0 Å². The number of anilines is 1. The molecule has 1 saturated heterocycles. The van der Waals surface area contributed by atoms with Gasteiger partial charge in [0.25, 0.3) is 0 Å². The smallest absolute Gasteiger partial charge is 0.307 e. The number of aliphatic hydroxyl groups is 1. The molecule has 1 fully saturated rings. The number of rotatable bonds is 8. The maximum atomic E-state index is 13.1. The first-order valence-electron chi connectivity index (χ1n) is 14.3. The minimum atomic E-state index is -0.898. The van der Waals surface area contributed by atoms with Crippen LogP contribution in [0.5, 0.6) is 5.75 Å². The molecule has 0 unspecified atom stereocenters. The first kappa shape index (κ1) is 32.6. The fourth-order valence-electron chi connectivity index (χ4n) is 4.92. The number of hydrogen-bond donors (Lipinski definition) is 2. The van der Waals surface area contributed by atoms with Crippen LogP contribution < -0.4 is 9.64 Å². The summed E-state index contributed by atoms with van der Waals surface area (Å²) in [6.45, 7) is 12.9. The average Bonchev–Trinajstić information content (AvgIpc) is 2.91. The number of nitriles is 1. The minimum absolute atomic E-state index is 0.113. The van der Waals surface area contributed by atoms with E-state index in [2.05, 4.69) is 11.0 Å². The second-order valence-corrected chi connectivity index (χ2v) is 12.1. The zero-order chi connectivity index (χ0) is 31.1. The van der Waals surface area contributed by atoms with Crippen LogP contribution in [0.25, 0.3) is 11.1 Å². The van der Waals surface area contributed by atoms with E-state index in [0.29, 0.717) is 37.4 Å². The number of aliphatic carboxylic acids is 1. The largest absolute Gasteiger partial charge is 0.493 e. The Morgan fingerprint density at radius 2 is 1.64 bits per heavy atom. The Kier molecular flexibility index (Phi) is 10.7. The number of carboxylic acids is 1. The molecule has 42 heavy (non-hydrogen) atoms. The lowest BCUT2D eigenvalue weighted by molar-refractivity contribution is -0.136. The van der Waals surface area contributed by atoms with Gasteiger partial charge in [-0.3, -0.25) is 9.78 Å². The monoisotopic (exact) mass is 575 g/mol. The summed E-state index contributed by atoms with van der Waals surface area (Å²) in [6, 6.07) is 16.6. The molecule has 7 nitrogen and oxygen atoms in total. The highest BCUT2D eigenvalue weighted by Gasteiger charge is 2.33. The van der Waals surface area contributed by atoms with E-state index in [0.717, 1.165) is 46.7 Å². The van der Waals surface area contributed by atoms with Crippen LogP contribution in [0.4, 0.5) is 10.1 Å². The molecule has 2 N–H and O–H groups in total. The molecule has 0 atom stereocenters. The Hall–Kier alpha value is -3.96. The van der Waals surface area contributed by atoms with Crippen LogP contribution in [0.2, 0.25) is 0 Å². The van der Waals surface area contributed by atoms with Crippen LogP contribution in [0.3, 0.4) is 0 Å². The van der Waals surface area contributed by atoms with Crippen molar-refractivity contribution in [2.75, 3.05) is 24.6 Å². The molecule has 0 spiro atoms. The standard InChI is InChI=1S/C30H32FN3O3.C4H10O/c1-20-26(18-27(35)36)29(34-15-13-30(3,19-32)14-16-34)28(21(2)33-20)23-6-10-25(11-7-23)37-17-12-22-4-8-24(31)9-5-22;1-4(2,3)5/h4-11H,12-18H2,1-3H3,(H,35,36);5H,1-3H3. The molecule has 0 radical (unpaired) electrons. The fraction of sp³-hybridized carbons (Fsp3) is 0.441. The van der Waals surface area contributed by atoms with E-state index in [9.17, 15) is 19.6 Å². The summed E-state index contributed by atoms with van der Waals surface area (Å²) >= 11 is 0. The van der Waals surface area contributed by atoms with E-state index in [1.807, 2.05) is 45.0 Å². The highest BCUT2D eigenvalue weighted by atomic mass is 19.1. The number of benzene rings is 2. The van der Waals surface area contributed by atoms with E-state index in [1.54, 1.807) is 32.9 Å². The highest BCUT2D eigenvalue weighted by Crippen LogP contribution is 2.41. The molecular weight excluding hydrogens is 533 g/mol. The Morgan fingerprint density at radius 1 is 1.07 bits per heavy atom. The molecule has 0 saturated carbocycles. The maximum absolute atomic E-state index is 13.1. The van der Waals surface area contributed by atoms with Crippen molar-refractivity contribution in [2.45, 2.75) is 72.8 Å². The van der Waals surface area contributed by atoms with Gasteiger partial charge in [0.15, 0.2) is 0 Å². The summed E-state index contributed by atoms with van der Waals surface area (Å²) < 4.78 is 19.0. The van der Waals surface area contributed by atoms with Gasteiger partial charge in [0.1, 0.15) is 11.6 Å². The highest BCUT2D eigenvalue weighted by molar-refractivity contribution is 5.86. The minimum Gasteiger partial charge on any atom is -0.493 e. The number of nitrogens with zero attached hydrogens (tertiary/aromatic N) is 3. The van der Waals surface area contributed by atoms with Gasteiger partial charge in [-0.25, -0.2) is 4.39 Å². The average molecular weight is 576 g/mol. The number of aryl methyl sites for hydroxylation is 2. The van der Waals surface area contributed by atoms with Gasteiger partial charge in [-0.05, 0) is 89.8 Å². The molecule has 2 aromatic carbocycles.